The predicted molar refractivity (Wildman–Crippen MR) is 73.2 cm³/mol. The second-order valence-corrected chi connectivity index (χ2v) is 5.63. The topological polar surface area (TPSA) is 29.3 Å². The molecular formula is C14H20ClFN2. The van der Waals surface area contributed by atoms with Crippen molar-refractivity contribution in [2.75, 3.05) is 6.54 Å². The van der Waals surface area contributed by atoms with Gasteiger partial charge in [-0.05, 0) is 44.4 Å². The van der Waals surface area contributed by atoms with Gasteiger partial charge in [-0.1, -0.05) is 17.7 Å². The van der Waals surface area contributed by atoms with Crippen LogP contribution in [-0.2, 0) is 0 Å². The van der Waals surface area contributed by atoms with E-state index in [1.807, 2.05) is 6.07 Å². The maximum atomic E-state index is 13.2. The fourth-order valence-electron chi connectivity index (χ4n) is 2.77. The van der Waals surface area contributed by atoms with Crippen LogP contribution in [0.1, 0.15) is 38.3 Å². The van der Waals surface area contributed by atoms with Crippen molar-refractivity contribution < 1.29 is 4.39 Å². The van der Waals surface area contributed by atoms with Crippen LogP contribution in [0.15, 0.2) is 18.2 Å². The minimum atomic E-state index is -0.360. The summed E-state index contributed by atoms with van der Waals surface area (Å²) in [5.74, 6) is -0.360. The summed E-state index contributed by atoms with van der Waals surface area (Å²) in [6.45, 7) is 5.32. The number of hydrogen-bond acceptors (Lipinski definition) is 2. The van der Waals surface area contributed by atoms with Crippen molar-refractivity contribution in [2.24, 2.45) is 5.73 Å². The van der Waals surface area contributed by atoms with E-state index in [1.165, 1.54) is 6.07 Å². The molecule has 1 aliphatic heterocycles. The Morgan fingerprint density at radius 2 is 2.22 bits per heavy atom. The summed E-state index contributed by atoms with van der Waals surface area (Å²) in [5.41, 5.74) is 7.03. The number of nitrogens with zero attached hydrogens (tertiary/aromatic N) is 1. The zero-order valence-electron chi connectivity index (χ0n) is 10.9. The Kier molecular flexibility index (Phi) is 4.25. The van der Waals surface area contributed by atoms with Crippen LogP contribution in [0.5, 0.6) is 0 Å². The van der Waals surface area contributed by atoms with E-state index in [9.17, 15) is 4.39 Å². The van der Waals surface area contributed by atoms with E-state index < -0.39 is 0 Å². The highest BCUT2D eigenvalue weighted by atomic mass is 35.5. The minimum absolute atomic E-state index is 0.195. The number of likely N-dealkylation sites (tertiary alicyclic amines) is 1. The molecule has 0 saturated carbocycles. The van der Waals surface area contributed by atoms with Crippen molar-refractivity contribution in [3.63, 3.8) is 0 Å². The first-order valence-electron chi connectivity index (χ1n) is 6.45. The van der Waals surface area contributed by atoms with Gasteiger partial charge in [0.15, 0.2) is 0 Å². The number of halogens is 2. The fourth-order valence-corrected chi connectivity index (χ4v) is 2.95. The first-order valence-corrected chi connectivity index (χ1v) is 6.83. The Bertz CT molecular complexity index is 424. The van der Waals surface area contributed by atoms with Crippen LogP contribution in [-0.4, -0.2) is 23.5 Å². The van der Waals surface area contributed by atoms with Gasteiger partial charge in [0.1, 0.15) is 5.82 Å². The van der Waals surface area contributed by atoms with Gasteiger partial charge in [0.2, 0.25) is 0 Å². The van der Waals surface area contributed by atoms with Crippen LogP contribution < -0.4 is 5.73 Å². The van der Waals surface area contributed by atoms with Crippen molar-refractivity contribution in [1.29, 1.82) is 0 Å². The van der Waals surface area contributed by atoms with Crippen LogP contribution in [0, 0.1) is 5.82 Å². The van der Waals surface area contributed by atoms with Gasteiger partial charge in [0.25, 0.3) is 0 Å². The van der Waals surface area contributed by atoms with Gasteiger partial charge in [-0.3, -0.25) is 4.90 Å². The molecule has 18 heavy (non-hydrogen) atoms. The first kappa shape index (κ1) is 13.8. The lowest BCUT2D eigenvalue weighted by Gasteiger charge is -2.40. The fraction of sp³-hybridized carbons (Fsp3) is 0.571. The number of benzene rings is 1. The number of rotatable bonds is 2. The van der Waals surface area contributed by atoms with Gasteiger partial charge < -0.3 is 5.73 Å². The maximum absolute atomic E-state index is 13.2. The lowest BCUT2D eigenvalue weighted by atomic mass is 9.95. The molecule has 2 N–H and O–H groups in total. The molecule has 3 atom stereocenters. The third-order valence-corrected chi connectivity index (χ3v) is 4.18. The molecule has 3 unspecified atom stereocenters. The zero-order valence-corrected chi connectivity index (χ0v) is 11.6. The maximum Gasteiger partial charge on any atom is 0.141 e. The van der Waals surface area contributed by atoms with Gasteiger partial charge in [-0.15, -0.1) is 0 Å². The highest BCUT2D eigenvalue weighted by molar-refractivity contribution is 6.30. The molecule has 0 spiro atoms. The lowest BCUT2D eigenvalue weighted by Crippen LogP contribution is -2.46. The molecule has 0 aliphatic carbocycles. The van der Waals surface area contributed by atoms with Gasteiger partial charge in [-0.25, -0.2) is 4.39 Å². The summed E-state index contributed by atoms with van der Waals surface area (Å²) in [7, 11) is 0. The molecule has 2 rings (SSSR count). The van der Waals surface area contributed by atoms with Gasteiger partial charge in [0, 0.05) is 24.7 Å². The Morgan fingerprint density at radius 1 is 1.50 bits per heavy atom. The number of hydrogen-bond donors (Lipinski definition) is 1. The molecule has 0 radical (unpaired) electrons. The van der Waals surface area contributed by atoms with Crippen molar-refractivity contribution in [1.82, 2.24) is 4.90 Å². The summed E-state index contributed by atoms with van der Waals surface area (Å²) in [6.07, 6.45) is 2.03. The second-order valence-electron chi connectivity index (χ2n) is 5.22. The van der Waals surface area contributed by atoms with E-state index in [2.05, 4.69) is 18.7 Å². The average Bonchev–Trinajstić information content (AvgIpc) is 2.32. The SMILES string of the molecule is CC1CC(N)CCN1C(C)c1ccc(F)c(Cl)c1. The van der Waals surface area contributed by atoms with E-state index in [1.54, 1.807) is 6.07 Å². The smallest absolute Gasteiger partial charge is 0.141 e. The summed E-state index contributed by atoms with van der Waals surface area (Å²) in [6, 6.07) is 5.98. The van der Waals surface area contributed by atoms with E-state index in [-0.39, 0.29) is 16.9 Å². The third-order valence-electron chi connectivity index (χ3n) is 3.89. The standard InChI is InChI=1S/C14H20ClFN2/c1-9-7-12(17)5-6-18(9)10(2)11-3-4-14(16)13(15)8-11/h3-4,8-10,12H,5-7,17H2,1-2H3. The van der Waals surface area contributed by atoms with E-state index in [4.69, 9.17) is 17.3 Å². The quantitative estimate of drug-likeness (QED) is 0.893. The Balaban J connectivity index is 2.15. The molecular weight excluding hydrogens is 251 g/mol. The van der Waals surface area contributed by atoms with Crippen molar-refractivity contribution in [3.05, 3.63) is 34.6 Å². The van der Waals surface area contributed by atoms with Crippen molar-refractivity contribution in [2.45, 2.75) is 44.8 Å². The molecule has 1 aromatic carbocycles. The molecule has 1 saturated heterocycles. The lowest BCUT2D eigenvalue weighted by molar-refractivity contribution is 0.104. The van der Waals surface area contributed by atoms with Crippen molar-refractivity contribution in [3.8, 4) is 0 Å². The van der Waals surface area contributed by atoms with E-state index in [0.29, 0.717) is 12.1 Å². The molecule has 4 heteroatoms. The number of nitrogens with two attached hydrogens (primary N) is 1. The normalized spacial score (nSPS) is 27.2. The average molecular weight is 271 g/mol. The summed E-state index contributed by atoms with van der Waals surface area (Å²) >= 11 is 5.84. The van der Waals surface area contributed by atoms with Gasteiger partial charge >= 0.3 is 0 Å². The number of piperidine rings is 1. The summed E-state index contributed by atoms with van der Waals surface area (Å²) in [4.78, 5) is 2.41. The molecule has 1 fully saturated rings. The Morgan fingerprint density at radius 3 is 2.83 bits per heavy atom. The third kappa shape index (κ3) is 2.85. The van der Waals surface area contributed by atoms with Crippen LogP contribution in [0.3, 0.4) is 0 Å². The highest BCUT2D eigenvalue weighted by Crippen LogP contribution is 2.29. The van der Waals surface area contributed by atoms with Crippen molar-refractivity contribution >= 4 is 11.6 Å². The highest BCUT2D eigenvalue weighted by Gasteiger charge is 2.27. The Hall–Kier alpha value is -0.640. The van der Waals surface area contributed by atoms with Crippen LogP contribution in [0.2, 0.25) is 5.02 Å². The van der Waals surface area contributed by atoms with Crippen LogP contribution in [0.25, 0.3) is 0 Å². The largest absolute Gasteiger partial charge is 0.328 e. The molecule has 2 nitrogen and oxygen atoms in total. The summed E-state index contributed by atoms with van der Waals surface area (Å²) < 4.78 is 13.2. The summed E-state index contributed by atoms with van der Waals surface area (Å²) in [5, 5.41) is 0.195. The molecule has 1 heterocycles. The van der Waals surface area contributed by atoms with E-state index in [0.717, 1.165) is 24.9 Å². The van der Waals surface area contributed by atoms with Gasteiger partial charge in [0.05, 0.1) is 5.02 Å². The molecule has 100 valence electrons. The first-order chi connectivity index (χ1) is 8.49. The Labute approximate surface area is 113 Å². The molecule has 0 bridgehead atoms. The zero-order chi connectivity index (χ0) is 13.3. The van der Waals surface area contributed by atoms with Gasteiger partial charge in [-0.2, -0.15) is 0 Å². The molecule has 0 amide bonds. The second kappa shape index (κ2) is 5.55. The monoisotopic (exact) mass is 270 g/mol. The molecule has 1 aliphatic rings. The molecule has 1 aromatic rings. The predicted octanol–water partition coefficient (Wildman–Crippen LogP) is 3.35. The van der Waals surface area contributed by atoms with Crippen LogP contribution >= 0.6 is 11.6 Å². The van der Waals surface area contributed by atoms with E-state index >= 15 is 0 Å². The molecule has 0 aromatic heterocycles. The minimum Gasteiger partial charge on any atom is -0.328 e. The van der Waals surface area contributed by atoms with Crippen LogP contribution in [0.4, 0.5) is 4.39 Å².